The third kappa shape index (κ3) is 2.52. The summed E-state index contributed by atoms with van der Waals surface area (Å²) in [7, 11) is 0. The Hall–Kier alpha value is -1.45. The summed E-state index contributed by atoms with van der Waals surface area (Å²) in [5.74, 6) is -2.21. The summed E-state index contributed by atoms with van der Waals surface area (Å²) in [5, 5.41) is 0. The van der Waals surface area contributed by atoms with E-state index in [-0.39, 0.29) is 6.42 Å². The van der Waals surface area contributed by atoms with Crippen LogP contribution in [0.2, 0.25) is 0 Å². The van der Waals surface area contributed by atoms with Gasteiger partial charge < -0.3 is 5.73 Å². The lowest BCUT2D eigenvalue weighted by molar-refractivity contribution is -0.121. The summed E-state index contributed by atoms with van der Waals surface area (Å²) in [5.41, 5.74) is 5.33. The van der Waals surface area contributed by atoms with Gasteiger partial charge in [-0.05, 0) is 18.1 Å². The maximum absolute atomic E-state index is 13.1. The Kier molecular flexibility index (Phi) is 3.17. The van der Waals surface area contributed by atoms with Crippen molar-refractivity contribution in [3.8, 4) is 0 Å². The molecule has 0 aromatic heterocycles. The van der Waals surface area contributed by atoms with E-state index in [1.807, 2.05) is 0 Å². The third-order valence-electron chi connectivity index (χ3n) is 2.03. The van der Waals surface area contributed by atoms with Crippen molar-refractivity contribution in [1.82, 2.24) is 0 Å². The predicted octanol–water partition coefficient (Wildman–Crippen LogP) is 1.63. The van der Waals surface area contributed by atoms with Gasteiger partial charge in [0.2, 0.25) is 5.91 Å². The van der Waals surface area contributed by atoms with Crippen molar-refractivity contribution in [1.29, 1.82) is 0 Å². The lowest BCUT2D eigenvalue weighted by atomic mass is 10.0. The SMILES string of the molecule is CC(Cc1ccc(F)cc1F)C(N)=O. The van der Waals surface area contributed by atoms with Crippen LogP contribution in [0, 0.1) is 17.6 Å². The van der Waals surface area contributed by atoms with Gasteiger partial charge in [0.05, 0.1) is 0 Å². The molecule has 0 bridgehead atoms. The molecular weight excluding hydrogens is 188 g/mol. The van der Waals surface area contributed by atoms with Gasteiger partial charge in [0.1, 0.15) is 11.6 Å². The monoisotopic (exact) mass is 199 g/mol. The lowest BCUT2D eigenvalue weighted by Gasteiger charge is -2.07. The average molecular weight is 199 g/mol. The first-order chi connectivity index (χ1) is 6.50. The molecule has 0 heterocycles. The maximum Gasteiger partial charge on any atom is 0.220 e. The number of primary amides is 1. The Bertz CT molecular complexity index is 352. The minimum Gasteiger partial charge on any atom is -0.369 e. The molecule has 1 atom stereocenters. The van der Waals surface area contributed by atoms with Gasteiger partial charge >= 0.3 is 0 Å². The summed E-state index contributed by atoms with van der Waals surface area (Å²) in [6, 6.07) is 3.28. The molecule has 1 aromatic rings. The average Bonchev–Trinajstić information content (AvgIpc) is 2.09. The van der Waals surface area contributed by atoms with Gasteiger partial charge in [-0.2, -0.15) is 0 Å². The van der Waals surface area contributed by atoms with E-state index >= 15 is 0 Å². The van der Waals surface area contributed by atoms with Gasteiger partial charge in [0, 0.05) is 12.0 Å². The van der Waals surface area contributed by atoms with Crippen molar-refractivity contribution < 1.29 is 13.6 Å². The number of benzene rings is 1. The molecule has 1 aromatic carbocycles. The van der Waals surface area contributed by atoms with Crippen LogP contribution >= 0.6 is 0 Å². The van der Waals surface area contributed by atoms with Crippen LogP contribution in [0.1, 0.15) is 12.5 Å². The van der Waals surface area contributed by atoms with Crippen molar-refractivity contribution >= 4 is 5.91 Å². The van der Waals surface area contributed by atoms with Crippen LogP contribution in [-0.4, -0.2) is 5.91 Å². The zero-order valence-electron chi connectivity index (χ0n) is 7.76. The van der Waals surface area contributed by atoms with E-state index < -0.39 is 23.5 Å². The van der Waals surface area contributed by atoms with Gasteiger partial charge in [0.25, 0.3) is 0 Å². The molecule has 0 saturated carbocycles. The van der Waals surface area contributed by atoms with Crippen molar-refractivity contribution in [2.24, 2.45) is 11.7 Å². The molecule has 0 fully saturated rings. The third-order valence-corrected chi connectivity index (χ3v) is 2.03. The van der Waals surface area contributed by atoms with Crippen LogP contribution in [0.3, 0.4) is 0 Å². The number of carbonyl (C=O) groups is 1. The molecule has 0 radical (unpaired) electrons. The Morgan fingerprint density at radius 1 is 1.50 bits per heavy atom. The highest BCUT2D eigenvalue weighted by Crippen LogP contribution is 2.13. The van der Waals surface area contributed by atoms with Gasteiger partial charge in [-0.3, -0.25) is 4.79 Å². The van der Waals surface area contributed by atoms with Crippen LogP contribution < -0.4 is 5.73 Å². The van der Waals surface area contributed by atoms with E-state index in [0.717, 1.165) is 12.1 Å². The molecular formula is C10H11F2NO. The second kappa shape index (κ2) is 4.17. The van der Waals surface area contributed by atoms with Crippen LogP contribution in [0.4, 0.5) is 8.78 Å². The molecule has 1 rings (SSSR count). The largest absolute Gasteiger partial charge is 0.369 e. The number of rotatable bonds is 3. The van der Waals surface area contributed by atoms with E-state index in [1.54, 1.807) is 6.92 Å². The Balaban J connectivity index is 2.82. The minimum absolute atomic E-state index is 0.196. The van der Waals surface area contributed by atoms with Crippen LogP contribution in [0.5, 0.6) is 0 Å². The molecule has 0 aliphatic heterocycles. The second-order valence-corrected chi connectivity index (χ2v) is 3.24. The van der Waals surface area contributed by atoms with Gasteiger partial charge in [0.15, 0.2) is 0 Å². The number of hydrogen-bond donors (Lipinski definition) is 1. The molecule has 0 aliphatic carbocycles. The first kappa shape index (κ1) is 10.6. The zero-order chi connectivity index (χ0) is 10.7. The molecule has 1 amide bonds. The number of halogens is 2. The van der Waals surface area contributed by atoms with Gasteiger partial charge in [-0.15, -0.1) is 0 Å². The summed E-state index contributed by atoms with van der Waals surface area (Å²) in [6.45, 7) is 1.60. The Morgan fingerprint density at radius 3 is 2.64 bits per heavy atom. The second-order valence-electron chi connectivity index (χ2n) is 3.24. The first-order valence-corrected chi connectivity index (χ1v) is 4.24. The summed E-state index contributed by atoms with van der Waals surface area (Å²) in [6.07, 6.45) is 0.196. The molecule has 14 heavy (non-hydrogen) atoms. The molecule has 4 heteroatoms. The van der Waals surface area contributed by atoms with Crippen LogP contribution in [0.25, 0.3) is 0 Å². The number of hydrogen-bond acceptors (Lipinski definition) is 1. The van der Waals surface area contributed by atoms with Crippen molar-refractivity contribution in [3.05, 3.63) is 35.4 Å². The van der Waals surface area contributed by atoms with Crippen molar-refractivity contribution in [3.63, 3.8) is 0 Å². The van der Waals surface area contributed by atoms with Gasteiger partial charge in [-0.1, -0.05) is 13.0 Å². The fraction of sp³-hybridized carbons (Fsp3) is 0.300. The Morgan fingerprint density at radius 2 is 2.14 bits per heavy atom. The fourth-order valence-electron chi connectivity index (χ4n) is 1.12. The predicted molar refractivity (Wildman–Crippen MR) is 48.4 cm³/mol. The molecule has 76 valence electrons. The number of carbonyl (C=O) groups excluding carboxylic acids is 1. The summed E-state index contributed by atoms with van der Waals surface area (Å²) >= 11 is 0. The molecule has 2 nitrogen and oxygen atoms in total. The fourth-order valence-corrected chi connectivity index (χ4v) is 1.12. The van der Waals surface area contributed by atoms with E-state index in [0.29, 0.717) is 5.56 Å². The van der Waals surface area contributed by atoms with Crippen LogP contribution in [-0.2, 0) is 11.2 Å². The summed E-state index contributed by atoms with van der Waals surface area (Å²) < 4.78 is 25.6. The van der Waals surface area contributed by atoms with E-state index in [9.17, 15) is 13.6 Å². The van der Waals surface area contributed by atoms with E-state index in [4.69, 9.17) is 5.73 Å². The maximum atomic E-state index is 13.1. The molecule has 1 unspecified atom stereocenters. The van der Waals surface area contributed by atoms with E-state index in [2.05, 4.69) is 0 Å². The van der Waals surface area contributed by atoms with Crippen LogP contribution in [0.15, 0.2) is 18.2 Å². The highest BCUT2D eigenvalue weighted by Gasteiger charge is 2.12. The normalized spacial score (nSPS) is 12.5. The number of amides is 1. The number of nitrogens with two attached hydrogens (primary N) is 1. The van der Waals surface area contributed by atoms with Crippen molar-refractivity contribution in [2.45, 2.75) is 13.3 Å². The summed E-state index contributed by atoms with van der Waals surface area (Å²) in [4.78, 5) is 10.7. The quantitative estimate of drug-likeness (QED) is 0.789. The molecule has 0 aliphatic rings. The Labute approximate surface area is 80.7 Å². The van der Waals surface area contributed by atoms with Gasteiger partial charge in [-0.25, -0.2) is 8.78 Å². The molecule has 0 saturated heterocycles. The molecule has 2 N–H and O–H groups in total. The zero-order valence-corrected chi connectivity index (χ0v) is 7.76. The van der Waals surface area contributed by atoms with Crippen molar-refractivity contribution in [2.75, 3.05) is 0 Å². The van der Waals surface area contributed by atoms with E-state index in [1.165, 1.54) is 6.07 Å². The highest BCUT2D eigenvalue weighted by atomic mass is 19.1. The standard InChI is InChI=1S/C10H11F2NO/c1-6(10(13)14)4-7-2-3-8(11)5-9(7)12/h2-3,5-6H,4H2,1H3,(H2,13,14). The topological polar surface area (TPSA) is 43.1 Å². The molecule has 0 spiro atoms. The first-order valence-electron chi connectivity index (χ1n) is 4.24. The minimum atomic E-state index is -0.641. The lowest BCUT2D eigenvalue weighted by Crippen LogP contribution is -2.22. The highest BCUT2D eigenvalue weighted by molar-refractivity contribution is 5.76. The smallest absolute Gasteiger partial charge is 0.220 e.